The fraction of sp³-hybridized carbons (Fsp3) is 0.211. The maximum atomic E-state index is 12.9. The van der Waals surface area contributed by atoms with Gasteiger partial charge in [-0.05, 0) is 36.8 Å². The number of ether oxygens (including phenoxy) is 2. The highest BCUT2D eigenvalue weighted by Gasteiger charge is 2.19. The van der Waals surface area contributed by atoms with Gasteiger partial charge in [0.15, 0.2) is 15.8 Å². The highest BCUT2D eigenvalue weighted by atomic mass is 32.2. The van der Waals surface area contributed by atoms with Crippen LogP contribution in [0.2, 0.25) is 0 Å². The molecule has 150 valence electrons. The largest absolute Gasteiger partial charge is 0.454 e. The number of hydrogen-bond acceptors (Lipinski definition) is 8. The minimum absolute atomic E-state index is 0.148. The van der Waals surface area contributed by atoms with E-state index in [1.54, 1.807) is 37.3 Å². The van der Waals surface area contributed by atoms with E-state index in [-0.39, 0.29) is 23.8 Å². The summed E-state index contributed by atoms with van der Waals surface area (Å²) >= 11 is 2.69. The molecule has 1 aliphatic heterocycles. The Kier molecular flexibility index (Phi) is 5.81. The second-order valence-electron chi connectivity index (χ2n) is 6.17. The number of carbonyl (C=O) groups is 1. The van der Waals surface area contributed by atoms with Gasteiger partial charge in [0, 0.05) is 18.3 Å². The molecular weight excluding hydrogens is 415 g/mol. The lowest BCUT2D eigenvalue weighted by molar-refractivity contribution is -0.115. The molecule has 1 atom stereocenters. The van der Waals surface area contributed by atoms with Crippen molar-refractivity contribution in [2.75, 3.05) is 17.4 Å². The number of hydrogen-bond donors (Lipinski definition) is 2. The maximum Gasteiger partial charge on any atom is 0.237 e. The third-order valence-corrected chi connectivity index (χ3v) is 6.12. The summed E-state index contributed by atoms with van der Waals surface area (Å²) in [6.45, 7) is 2.51. The fourth-order valence-electron chi connectivity index (χ4n) is 2.53. The number of nitrogens with one attached hydrogen (secondary N) is 2. The maximum absolute atomic E-state index is 12.9. The Morgan fingerprint density at radius 1 is 1.21 bits per heavy atom. The number of anilines is 2. The molecule has 0 fully saturated rings. The van der Waals surface area contributed by atoms with Gasteiger partial charge < -0.3 is 20.1 Å². The molecule has 1 aliphatic rings. The number of amides is 1. The summed E-state index contributed by atoms with van der Waals surface area (Å²) in [7, 11) is 0. The van der Waals surface area contributed by atoms with Gasteiger partial charge >= 0.3 is 0 Å². The number of benzene rings is 2. The predicted octanol–water partition coefficient (Wildman–Crippen LogP) is 4.14. The molecule has 0 saturated heterocycles. The number of nitrogens with zero attached hydrogens (tertiary/aromatic N) is 2. The second-order valence-corrected chi connectivity index (χ2v) is 8.74. The Morgan fingerprint density at radius 2 is 2.00 bits per heavy atom. The summed E-state index contributed by atoms with van der Waals surface area (Å²) in [5.74, 6) is 0.866. The van der Waals surface area contributed by atoms with E-state index in [0.29, 0.717) is 33.2 Å². The van der Waals surface area contributed by atoms with Crippen LogP contribution >= 0.6 is 23.1 Å². The Hall–Kier alpha value is -2.85. The fourth-order valence-corrected chi connectivity index (χ4v) is 4.42. The van der Waals surface area contributed by atoms with Crippen LogP contribution in [0.3, 0.4) is 0 Å². The summed E-state index contributed by atoms with van der Waals surface area (Å²) in [4.78, 5) is 12.5. The molecule has 2 aromatic carbocycles. The number of carbonyl (C=O) groups excluding carboxylic acids is 1. The molecule has 3 aromatic rings. The van der Waals surface area contributed by atoms with Gasteiger partial charge in [-0.3, -0.25) is 4.79 Å². The van der Waals surface area contributed by atoms with E-state index in [0.717, 1.165) is 5.56 Å². The molecule has 7 nitrogen and oxygen atoms in total. The zero-order valence-corrected chi connectivity index (χ0v) is 17.0. The van der Waals surface area contributed by atoms with Crippen LogP contribution in [0, 0.1) is 5.82 Å². The van der Waals surface area contributed by atoms with E-state index in [1.807, 2.05) is 0 Å². The summed E-state index contributed by atoms with van der Waals surface area (Å²) < 4.78 is 24.2. The van der Waals surface area contributed by atoms with Gasteiger partial charge in [0.25, 0.3) is 0 Å². The van der Waals surface area contributed by atoms with Crippen molar-refractivity contribution in [2.45, 2.75) is 23.1 Å². The third kappa shape index (κ3) is 4.96. The molecule has 2 heterocycles. The van der Waals surface area contributed by atoms with Crippen LogP contribution < -0.4 is 20.1 Å². The Balaban J connectivity index is 1.29. The molecule has 10 heteroatoms. The molecule has 2 N–H and O–H groups in total. The van der Waals surface area contributed by atoms with Crippen molar-refractivity contribution in [1.82, 2.24) is 10.2 Å². The first-order valence-corrected chi connectivity index (χ1v) is 10.5. The molecule has 1 amide bonds. The van der Waals surface area contributed by atoms with E-state index in [4.69, 9.17) is 9.47 Å². The number of rotatable bonds is 7. The summed E-state index contributed by atoms with van der Waals surface area (Å²) in [6, 6.07) is 11.5. The Bertz CT molecular complexity index is 1010. The zero-order chi connectivity index (χ0) is 20.2. The number of halogens is 1. The Labute approximate surface area is 174 Å². The van der Waals surface area contributed by atoms with Crippen molar-refractivity contribution in [2.24, 2.45) is 0 Å². The average Bonchev–Trinajstić information content (AvgIpc) is 3.36. The van der Waals surface area contributed by atoms with Crippen LogP contribution in [0.25, 0.3) is 0 Å². The molecule has 0 aliphatic carbocycles. The predicted molar refractivity (Wildman–Crippen MR) is 110 cm³/mol. The molecule has 0 radical (unpaired) electrons. The second kappa shape index (κ2) is 8.66. The lowest BCUT2D eigenvalue weighted by Gasteiger charge is -2.10. The van der Waals surface area contributed by atoms with Crippen LogP contribution in [-0.4, -0.2) is 28.1 Å². The van der Waals surface area contributed by atoms with E-state index in [2.05, 4.69) is 20.8 Å². The topological polar surface area (TPSA) is 85.4 Å². The first-order valence-electron chi connectivity index (χ1n) is 8.76. The minimum Gasteiger partial charge on any atom is -0.454 e. The quantitative estimate of drug-likeness (QED) is 0.543. The first kappa shape index (κ1) is 19.5. The van der Waals surface area contributed by atoms with Gasteiger partial charge in [0.2, 0.25) is 17.8 Å². The highest BCUT2D eigenvalue weighted by Crippen LogP contribution is 2.35. The van der Waals surface area contributed by atoms with Crippen molar-refractivity contribution in [1.29, 1.82) is 0 Å². The van der Waals surface area contributed by atoms with Crippen molar-refractivity contribution >= 4 is 39.8 Å². The summed E-state index contributed by atoms with van der Waals surface area (Å²) in [5, 5.41) is 14.5. The highest BCUT2D eigenvalue weighted by molar-refractivity contribution is 8.02. The normalized spacial score (nSPS) is 13.2. The number of aromatic nitrogens is 2. The zero-order valence-electron chi connectivity index (χ0n) is 15.3. The Morgan fingerprint density at radius 3 is 2.83 bits per heavy atom. The van der Waals surface area contributed by atoms with E-state index < -0.39 is 0 Å². The molecular formula is C19H17FN4O3S2. The van der Waals surface area contributed by atoms with Gasteiger partial charge in [-0.1, -0.05) is 35.2 Å². The smallest absolute Gasteiger partial charge is 0.237 e. The van der Waals surface area contributed by atoms with E-state index in [1.165, 1.54) is 35.2 Å². The SMILES string of the molecule is CC(Sc1nnc(NCc2ccc(F)cc2)s1)C(=O)Nc1ccc2c(c1)OCO2. The first-order chi connectivity index (χ1) is 14.1. The van der Waals surface area contributed by atoms with Crippen LogP contribution in [0.4, 0.5) is 15.2 Å². The number of fused-ring (bicyclic) bond motifs is 1. The number of thioether (sulfide) groups is 1. The van der Waals surface area contributed by atoms with Crippen LogP contribution in [0.1, 0.15) is 12.5 Å². The summed E-state index contributed by atoms with van der Waals surface area (Å²) in [5.41, 5.74) is 1.58. The molecule has 0 saturated carbocycles. The standard InChI is InChI=1S/C19H17FN4O3S2/c1-11(17(25)22-14-6-7-15-16(8-14)27-10-26-15)28-19-24-23-18(29-19)21-9-12-2-4-13(20)5-3-12/h2-8,11H,9-10H2,1H3,(H,21,23)(H,22,25). The molecule has 1 unspecified atom stereocenters. The van der Waals surface area contributed by atoms with Crippen LogP contribution in [0.15, 0.2) is 46.8 Å². The van der Waals surface area contributed by atoms with Crippen molar-refractivity contribution in [3.63, 3.8) is 0 Å². The molecule has 4 rings (SSSR count). The van der Waals surface area contributed by atoms with Crippen LogP contribution in [-0.2, 0) is 11.3 Å². The van der Waals surface area contributed by atoms with Crippen molar-refractivity contribution < 1.29 is 18.7 Å². The molecule has 0 bridgehead atoms. The van der Waals surface area contributed by atoms with Gasteiger partial charge in [-0.2, -0.15) is 0 Å². The molecule has 29 heavy (non-hydrogen) atoms. The van der Waals surface area contributed by atoms with Gasteiger partial charge in [0.1, 0.15) is 5.82 Å². The monoisotopic (exact) mass is 432 g/mol. The molecule has 1 aromatic heterocycles. The van der Waals surface area contributed by atoms with Gasteiger partial charge in [0.05, 0.1) is 5.25 Å². The van der Waals surface area contributed by atoms with Crippen molar-refractivity contribution in [3.8, 4) is 11.5 Å². The van der Waals surface area contributed by atoms with E-state index in [9.17, 15) is 9.18 Å². The van der Waals surface area contributed by atoms with Crippen molar-refractivity contribution in [3.05, 3.63) is 53.8 Å². The lowest BCUT2D eigenvalue weighted by Crippen LogP contribution is -2.22. The van der Waals surface area contributed by atoms with E-state index >= 15 is 0 Å². The minimum atomic E-state index is -0.363. The molecule has 0 spiro atoms. The van der Waals surface area contributed by atoms with Gasteiger partial charge in [-0.15, -0.1) is 10.2 Å². The third-order valence-electron chi connectivity index (χ3n) is 4.05. The van der Waals surface area contributed by atoms with Gasteiger partial charge in [-0.25, -0.2) is 4.39 Å². The summed E-state index contributed by atoms with van der Waals surface area (Å²) in [6.07, 6.45) is 0. The average molecular weight is 433 g/mol. The van der Waals surface area contributed by atoms with Crippen LogP contribution in [0.5, 0.6) is 11.5 Å². The lowest BCUT2D eigenvalue weighted by atomic mass is 10.2.